The predicted molar refractivity (Wildman–Crippen MR) is 79.3 cm³/mol. The van der Waals surface area contributed by atoms with Gasteiger partial charge in [-0.3, -0.25) is 10.1 Å². The first kappa shape index (κ1) is 15.0. The fourth-order valence-electron chi connectivity index (χ4n) is 2.22. The van der Waals surface area contributed by atoms with Crippen LogP contribution in [-0.4, -0.2) is 10.0 Å². The van der Waals surface area contributed by atoms with Crippen molar-refractivity contribution in [2.24, 2.45) is 0 Å². The molecule has 5 heteroatoms. The molecule has 110 valence electrons. The number of ether oxygens (including phenoxy) is 1. The van der Waals surface area contributed by atoms with Gasteiger partial charge in [-0.25, -0.2) is 0 Å². The molecule has 0 aliphatic heterocycles. The molecule has 0 radical (unpaired) electrons. The van der Waals surface area contributed by atoms with Crippen molar-refractivity contribution in [1.29, 1.82) is 0 Å². The van der Waals surface area contributed by atoms with Gasteiger partial charge in [0, 0.05) is 17.2 Å². The Bertz CT molecular complexity index is 667. The van der Waals surface area contributed by atoms with Crippen molar-refractivity contribution in [3.05, 3.63) is 68.8 Å². The molecule has 0 aromatic heterocycles. The van der Waals surface area contributed by atoms with E-state index in [4.69, 9.17) is 4.74 Å². The monoisotopic (exact) mass is 287 g/mol. The van der Waals surface area contributed by atoms with Crippen LogP contribution in [0.25, 0.3) is 0 Å². The fraction of sp³-hybridized carbons (Fsp3) is 0.250. The van der Waals surface area contributed by atoms with Gasteiger partial charge >= 0.3 is 0 Å². The second-order valence-electron chi connectivity index (χ2n) is 4.83. The van der Waals surface area contributed by atoms with E-state index in [-0.39, 0.29) is 18.9 Å². The lowest BCUT2D eigenvalue weighted by atomic mass is 10.1. The molecule has 0 unspecified atom stereocenters. The van der Waals surface area contributed by atoms with E-state index in [1.807, 2.05) is 19.1 Å². The van der Waals surface area contributed by atoms with E-state index in [0.29, 0.717) is 16.9 Å². The minimum atomic E-state index is -0.397. The summed E-state index contributed by atoms with van der Waals surface area (Å²) in [7, 11) is 0. The minimum Gasteiger partial charge on any atom is -0.488 e. The lowest BCUT2D eigenvalue weighted by Crippen LogP contribution is -2.03. The fourth-order valence-corrected chi connectivity index (χ4v) is 2.22. The lowest BCUT2D eigenvalue weighted by molar-refractivity contribution is -0.385. The maximum Gasteiger partial charge on any atom is 0.272 e. The number of para-hydroxylation sites is 1. The lowest BCUT2D eigenvalue weighted by Gasteiger charge is -2.14. The Balaban J connectivity index is 2.25. The summed E-state index contributed by atoms with van der Waals surface area (Å²) in [6, 6.07) is 10.5. The minimum absolute atomic E-state index is 0.0864. The van der Waals surface area contributed by atoms with Gasteiger partial charge in [0.05, 0.1) is 11.5 Å². The Morgan fingerprint density at radius 1 is 1.14 bits per heavy atom. The third-order valence-electron chi connectivity index (χ3n) is 3.45. The largest absolute Gasteiger partial charge is 0.488 e. The normalized spacial score (nSPS) is 10.4. The third kappa shape index (κ3) is 3.20. The molecule has 0 aliphatic carbocycles. The number of aliphatic hydroxyl groups excluding tert-OH is 1. The number of nitro groups is 1. The quantitative estimate of drug-likeness (QED) is 0.676. The number of aliphatic hydroxyl groups is 1. The van der Waals surface area contributed by atoms with E-state index in [0.717, 1.165) is 11.1 Å². The number of rotatable bonds is 5. The Kier molecular flexibility index (Phi) is 4.55. The molecule has 0 aliphatic rings. The van der Waals surface area contributed by atoms with Crippen molar-refractivity contribution in [3.8, 4) is 5.75 Å². The van der Waals surface area contributed by atoms with Crippen molar-refractivity contribution in [3.63, 3.8) is 0 Å². The van der Waals surface area contributed by atoms with Gasteiger partial charge in [-0.05, 0) is 25.0 Å². The first-order valence-electron chi connectivity index (χ1n) is 6.59. The molecule has 0 heterocycles. The van der Waals surface area contributed by atoms with Crippen LogP contribution in [-0.2, 0) is 13.2 Å². The molecule has 0 spiro atoms. The van der Waals surface area contributed by atoms with Crippen LogP contribution >= 0.6 is 0 Å². The Labute approximate surface area is 123 Å². The van der Waals surface area contributed by atoms with Gasteiger partial charge in [0.25, 0.3) is 5.69 Å². The highest BCUT2D eigenvalue weighted by atomic mass is 16.6. The maximum absolute atomic E-state index is 10.9. The molecule has 0 saturated heterocycles. The van der Waals surface area contributed by atoms with E-state index in [9.17, 15) is 15.2 Å². The van der Waals surface area contributed by atoms with Crippen LogP contribution in [0.15, 0.2) is 36.4 Å². The molecule has 2 rings (SSSR count). The average molecular weight is 287 g/mol. The summed E-state index contributed by atoms with van der Waals surface area (Å²) in [5.74, 6) is 0.630. The Hall–Kier alpha value is -2.40. The summed E-state index contributed by atoms with van der Waals surface area (Å²) in [6.07, 6.45) is 0. The molecular weight excluding hydrogens is 270 g/mol. The Morgan fingerprint density at radius 2 is 1.81 bits per heavy atom. The highest BCUT2D eigenvalue weighted by molar-refractivity contribution is 5.45. The van der Waals surface area contributed by atoms with Gasteiger partial charge in [0.2, 0.25) is 0 Å². The number of hydrogen-bond acceptors (Lipinski definition) is 4. The van der Waals surface area contributed by atoms with Crippen LogP contribution in [0.2, 0.25) is 0 Å². The summed E-state index contributed by atoms with van der Waals surface area (Å²) >= 11 is 0. The summed E-state index contributed by atoms with van der Waals surface area (Å²) in [5, 5.41) is 20.3. The number of nitro benzene ring substituents is 1. The van der Waals surface area contributed by atoms with Gasteiger partial charge in [0.15, 0.2) is 0 Å². The first-order chi connectivity index (χ1) is 10.0. The van der Waals surface area contributed by atoms with Gasteiger partial charge in [-0.15, -0.1) is 0 Å². The van der Waals surface area contributed by atoms with Crippen molar-refractivity contribution >= 4 is 5.69 Å². The molecule has 0 saturated carbocycles. The van der Waals surface area contributed by atoms with Gasteiger partial charge in [-0.2, -0.15) is 0 Å². The maximum atomic E-state index is 10.9. The molecule has 2 aromatic rings. The van der Waals surface area contributed by atoms with Crippen LogP contribution in [0.1, 0.15) is 22.3 Å². The zero-order valence-corrected chi connectivity index (χ0v) is 12.0. The molecule has 21 heavy (non-hydrogen) atoms. The van der Waals surface area contributed by atoms with Crippen LogP contribution in [0, 0.1) is 24.0 Å². The summed E-state index contributed by atoms with van der Waals surface area (Å²) in [4.78, 5) is 10.5. The molecule has 0 atom stereocenters. The van der Waals surface area contributed by atoms with Crippen LogP contribution in [0.5, 0.6) is 5.75 Å². The molecule has 5 nitrogen and oxygen atoms in total. The zero-order valence-electron chi connectivity index (χ0n) is 12.0. The third-order valence-corrected chi connectivity index (χ3v) is 3.45. The summed E-state index contributed by atoms with van der Waals surface area (Å²) in [5.41, 5.74) is 3.07. The highest BCUT2D eigenvalue weighted by Crippen LogP contribution is 2.26. The van der Waals surface area contributed by atoms with Crippen LogP contribution in [0.3, 0.4) is 0 Å². The second kappa shape index (κ2) is 6.37. The zero-order chi connectivity index (χ0) is 15.4. The standard InChI is InChI=1S/C16H17NO4/c1-11-5-3-6-13(9-18)16(11)21-10-14-7-4-8-15(12(14)2)17(19)20/h3-8,18H,9-10H2,1-2H3. The van der Waals surface area contributed by atoms with E-state index in [1.165, 1.54) is 6.07 Å². The number of nitrogens with zero attached hydrogens (tertiary/aromatic N) is 1. The predicted octanol–water partition coefficient (Wildman–Crippen LogP) is 3.28. The number of aryl methyl sites for hydroxylation is 1. The van der Waals surface area contributed by atoms with E-state index >= 15 is 0 Å². The van der Waals surface area contributed by atoms with Gasteiger partial charge < -0.3 is 9.84 Å². The van der Waals surface area contributed by atoms with Gasteiger partial charge in [0.1, 0.15) is 12.4 Å². The number of benzene rings is 2. The Morgan fingerprint density at radius 3 is 2.48 bits per heavy atom. The SMILES string of the molecule is Cc1cccc(CO)c1OCc1cccc([N+](=O)[O-])c1C. The van der Waals surface area contributed by atoms with Crippen molar-refractivity contribution in [2.45, 2.75) is 27.1 Å². The van der Waals surface area contributed by atoms with E-state index in [2.05, 4.69) is 0 Å². The van der Waals surface area contributed by atoms with E-state index in [1.54, 1.807) is 25.1 Å². The second-order valence-corrected chi connectivity index (χ2v) is 4.83. The summed E-state index contributed by atoms with van der Waals surface area (Å²) in [6.45, 7) is 3.73. The topological polar surface area (TPSA) is 72.6 Å². The molecular formula is C16H17NO4. The molecule has 2 aromatic carbocycles. The molecule has 0 amide bonds. The van der Waals surface area contributed by atoms with Crippen molar-refractivity contribution in [2.75, 3.05) is 0 Å². The first-order valence-corrected chi connectivity index (χ1v) is 6.59. The highest BCUT2D eigenvalue weighted by Gasteiger charge is 2.14. The van der Waals surface area contributed by atoms with E-state index < -0.39 is 4.92 Å². The molecule has 0 fully saturated rings. The van der Waals surface area contributed by atoms with Crippen LogP contribution < -0.4 is 4.74 Å². The number of hydrogen-bond donors (Lipinski definition) is 1. The smallest absolute Gasteiger partial charge is 0.272 e. The average Bonchev–Trinajstić information content (AvgIpc) is 2.46. The molecule has 1 N–H and O–H groups in total. The van der Waals surface area contributed by atoms with Crippen molar-refractivity contribution in [1.82, 2.24) is 0 Å². The summed E-state index contributed by atoms with van der Waals surface area (Å²) < 4.78 is 5.78. The molecule has 0 bridgehead atoms. The van der Waals surface area contributed by atoms with Crippen LogP contribution in [0.4, 0.5) is 5.69 Å². The van der Waals surface area contributed by atoms with Crippen molar-refractivity contribution < 1.29 is 14.8 Å². The van der Waals surface area contributed by atoms with Gasteiger partial charge in [-0.1, -0.05) is 30.3 Å².